The van der Waals surface area contributed by atoms with E-state index in [4.69, 9.17) is 9.84 Å². The van der Waals surface area contributed by atoms with Gasteiger partial charge in [-0.3, -0.25) is 4.90 Å². The van der Waals surface area contributed by atoms with Crippen LogP contribution >= 0.6 is 11.3 Å². The molecule has 0 spiro atoms. The van der Waals surface area contributed by atoms with Crippen molar-refractivity contribution in [2.24, 2.45) is 0 Å². The predicted molar refractivity (Wildman–Crippen MR) is 74.2 cm³/mol. The smallest absolute Gasteiger partial charge is 0.355 e. The van der Waals surface area contributed by atoms with Crippen LogP contribution in [0.3, 0.4) is 0 Å². The summed E-state index contributed by atoms with van der Waals surface area (Å²) in [6.45, 7) is 8.22. The molecule has 1 aromatic rings. The van der Waals surface area contributed by atoms with Crippen LogP contribution in [0.25, 0.3) is 0 Å². The Morgan fingerprint density at radius 2 is 2.47 bits per heavy atom. The number of rotatable bonds is 5. The van der Waals surface area contributed by atoms with Crippen LogP contribution in [-0.4, -0.2) is 59.8 Å². The van der Waals surface area contributed by atoms with E-state index < -0.39 is 5.97 Å². The molecule has 1 aliphatic heterocycles. The number of ether oxygens (including phenoxy) is 1. The van der Waals surface area contributed by atoms with Gasteiger partial charge in [-0.25, -0.2) is 9.78 Å². The zero-order valence-corrected chi connectivity index (χ0v) is 12.0. The van der Waals surface area contributed by atoms with Crippen molar-refractivity contribution < 1.29 is 14.6 Å². The summed E-state index contributed by atoms with van der Waals surface area (Å²) in [5, 5.41) is 12.8. The van der Waals surface area contributed by atoms with Gasteiger partial charge in [0.2, 0.25) is 0 Å². The van der Waals surface area contributed by atoms with Gasteiger partial charge >= 0.3 is 5.97 Å². The van der Waals surface area contributed by atoms with Crippen molar-refractivity contribution in [1.29, 1.82) is 0 Å². The monoisotopic (exact) mass is 285 g/mol. The van der Waals surface area contributed by atoms with E-state index in [9.17, 15) is 4.79 Å². The second kappa shape index (κ2) is 6.31. The first-order valence-electron chi connectivity index (χ1n) is 6.38. The van der Waals surface area contributed by atoms with E-state index in [2.05, 4.69) is 22.1 Å². The number of likely N-dealkylation sites (N-methyl/N-ethyl adjacent to an activating group) is 1. The fraction of sp³-hybridized carbons (Fsp3) is 0.667. The minimum atomic E-state index is -0.979. The van der Waals surface area contributed by atoms with Crippen molar-refractivity contribution in [2.45, 2.75) is 20.0 Å². The highest BCUT2D eigenvalue weighted by molar-refractivity contribution is 7.15. The van der Waals surface area contributed by atoms with Gasteiger partial charge in [0.1, 0.15) is 0 Å². The summed E-state index contributed by atoms with van der Waals surface area (Å²) in [4.78, 5) is 18.0. The molecule has 6 nitrogen and oxygen atoms in total. The third-order valence-electron chi connectivity index (χ3n) is 3.15. The van der Waals surface area contributed by atoms with E-state index >= 15 is 0 Å². The standard InChI is InChI=1S/C12H19N3O3S/c1-3-15-4-5-18-9(7-15)6-13-12-14-10(11(16)17)8(2)19-12/h9H,3-7H2,1-2H3,(H,13,14)(H,16,17). The van der Waals surface area contributed by atoms with Crippen LogP contribution in [0.15, 0.2) is 0 Å². The van der Waals surface area contributed by atoms with Crippen LogP contribution in [0, 0.1) is 6.92 Å². The van der Waals surface area contributed by atoms with E-state index in [1.165, 1.54) is 11.3 Å². The second-order valence-corrected chi connectivity index (χ2v) is 5.70. The molecule has 1 saturated heterocycles. The Morgan fingerprint density at radius 3 is 3.11 bits per heavy atom. The molecular formula is C12H19N3O3S. The van der Waals surface area contributed by atoms with Crippen molar-refractivity contribution in [3.63, 3.8) is 0 Å². The molecule has 19 heavy (non-hydrogen) atoms. The Balaban J connectivity index is 1.88. The Bertz CT molecular complexity index is 449. The van der Waals surface area contributed by atoms with E-state index in [0.29, 0.717) is 11.7 Å². The lowest BCUT2D eigenvalue weighted by molar-refractivity contribution is -0.0191. The van der Waals surface area contributed by atoms with Crippen LogP contribution in [0.4, 0.5) is 5.13 Å². The zero-order valence-electron chi connectivity index (χ0n) is 11.2. The van der Waals surface area contributed by atoms with Gasteiger partial charge in [-0.1, -0.05) is 6.92 Å². The molecule has 2 rings (SSSR count). The first-order valence-corrected chi connectivity index (χ1v) is 7.20. The van der Waals surface area contributed by atoms with Crippen molar-refractivity contribution >= 4 is 22.4 Å². The molecule has 2 N–H and O–H groups in total. The highest BCUT2D eigenvalue weighted by Crippen LogP contribution is 2.22. The molecule has 1 unspecified atom stereocenters. The molecule has 0 amide bonds. The quantitative estimate of drug-likeness (QED) is 0.849. The van der Waals surface area contributed by atoms with E-state index in [0.717, 1.165) is 31.1 Å². The molecule has 106 valence electrons. The van der Waals surface area contributed by atoms with Gasteiger partial charge < -0.3 is 15.2 Å². The summed E-state index contributed by atoms with van der Waals surface area (Å²) in [6, 6.07) is 0. The average molecular weight is 285 g/mol. The number of nitrogens with one attached hydrogen (secondary N) is 1. The van der Waals surface area contributed by atoms with Crippen LogP contribution < -0.4 is 5.32 Å². The van der Waals surface area contributed by atoms with Crippen LogP contribution in [0.1, 0.15) is 22.3 Å². The molecule has 1 aromatic heterocycles. The number of carbonyl (C=O) groups is 1. The maximum absolute atomic E-state index is 10.9. The van der Waals surface area contributed by atoms with Crippen LogP contribution in [0.5, 0.6) is 0 Å². The number of nitrogens with zero attached hydrogens (tertiary/aromatic N) is 2. The first-order chi connectivity index (χ1) is 9.10. The molecule has 2 heterocycles. The Kier molecular flexibility index (Phi) is 4.73. The highest BCUT2D eigenvalue weighted by Gasteiger charge is 2.20. The highest BCUT2D eigenvalue weighted by atomic mass is 32.1. The SMILES string of the molecule is CCN1CCOC(CNc2nc(C(=O)O)c(C)s2)C1. The molecule has 0 bridgehead atoms. The molecule has 7 heteroatoms. The molecule has 1 aliphatic rings. The largest absolute Gasteiger partial charge is 0.476 e. The van der Waals surface area contributed by atoms with E-state index in [-0.39, 0.29) is 11.8 Å². The van der Waals surface area contributed by atoms with Gasteiger partial charge in [0.05, 0.1) is 12.7 Å². The number of aryl methyl sites for hydroxylation is 1. The predicted octanol–water partition coefficient (Wildman–Crippen LogP) is 1.28. The molecule has 1 atom stereocenters. The molecule has 0 aromatic carbocycles. The van der Waals surface area contributed by atoms with Crippen LogP contribution in [-0.2, 0) is 4.74 Å². The number of aromatic carboxylic acids is 1. The number of hydrogen-bond donors (Lipinski definition) is 2. The summed E-state index contributed by atoms with van der Waals surface area (Å²) in [7, 11) is 0. The summed E-state index contributed by atoms with van der Waals surface area (Å²) >= 11 is 1.37. The minimum Gasteiger partial charge on any atom is -0.476 e. The number of thiazole rings is 1. The fourth-order valence-electron chi connectivity index (χ4n) is 2.06. The Morgan fingerprint density at radius 1 is 1.68 bits per heavy atom. The van der Waals surface area contributed by atoms with Gasteiger partial charge in [-0.15, -0.1) is 11.3 Å². The summed E-state index contributed by atoms with van der Waals surface area (Å²) in [6.07, 6.45) is 0.131. The number of morpholine rings is 1. The van der Waals surface area contributed by atoms with Crippen molar-refractivity contribution in [1.82, 2.24) is 9.88 Å². The van der Waals surface area contributed by atoms with Crippen molar-refractivity contribution in [3.05, 3.63) is 10.6 Å². The number of anilines is 1. The number of hydrogen-bond acceptors (Lipinski definition) is 6. The molecule has 0 radical (unpaired) electrons. The van der Waals surface area contributed by atoms with Gasteiger partial charge in [0.15, 0.2) is 10.8 Å². The molecule has 1 fully saturated rings. The minimum absolute atomic E-state index is 0.131. The van der Waals surface area contributed by atoms with E-state index in [1.54, 1.807) is 6.92 Å². The maximum Gasteiger partial charge on any atom is 0.355 e. The van der Waals surface area contributed by atoms with E-state index in [1.807, 2.05) is 0 Å². The third kappa shape index (κ3) is 3.65. The Hall–Kier alpha value is -1.18. The topological polar surface area (TPSA) is 74.7 Å². The third-order valence-corrected chi connectivity index (χ3v) is 4.08. The van der Waals surface area contributed by atoms with Gasteiger partial charge in [0.25, 0.3) is 0 Å². The Labute approximate surface area is 116 Å². The summed E-state index contributed by atoms with van der Waals surface area (Å²) < 4.78 is 5.67. The van der Waals surface area contributed by atoms with Gasteiger partial charge in [0, 0.05) is 24.5 Å². The lowest BCUT2D eigenvalue weighted by Crippen LogP contribution is -2.45. The first kappa shape index (κ1) is 14.2. The second-order valence-electron chi connectivity index (χ2n) is 4.50. The molecule has 0 saturated carbocycles. The molecule has 0 aliphatic carbocycles. The normalized spacial score (nSPS) is 20.4. The summed E-state index contributed by atoms with van der Waals surface area (Å²) in [5.74, 6) is -0.979. The lowest BCUT2D eigenvalue weighted by Gasteiger charge is -2.32. The number of carboxylic acid groups (broad SMARTS) is 1. The lowest BCUT2D eigenvalue weighted by atomic mass is 10.2. The van der Waals surface area contributed by atoms with Crippen LogP contribution in [0.2, 0.25) is 0 Å². The maximum atomic E-state index is 10.9. The summed E-state index contributed by atoms with van der Waals surface area (Å²) in [5.41, 5.74) is 0.132. The number of carboxylic acids is 1. The average Bonchev–Trinajstić information content (AvgIpc) is 2.78. The zero-order chi connectivity index (χ0) is 13.8. The van der Waals surface area contributed by atoms with Gasteiger partial charge in [-0.2, -0.15) is 0 Å². The fourth-order valence-corrected chi connectivity index (χ4v) is 2.87. The van der Waals surface area contributed by atoms with Crippen molar-refractivity contribution in [2.75, 3.05) is 38.1 Å². The number of aromatic nitrogens is 1. The van der Waals surface area contributed by atoms with Crippen molar-refractivity contribution in [3.8, 4) is 0 Å². The molecular weight excluding hydrogens is 266 g/mol. The van der Waals surface area contributed by atoms with Gasteiger partial charge in [-0.05, 0) is 13.5 Å².